The van der Waals surface area contributed by atoms with E-state index in [0.717, 1.165) is 84.9 Å². The summed E-state index contributed by atoms with van der Waals surface area (Å²) < 4.78 is 22.3. The molecule has 2 saturated heterocycles. The number of fused-ring (bicyclic) bond motifs is 3. The Labute approximate surface area is 493 Å². The number of likely N-dealkylation sites (tertiary alicyclic amines) is 2. The molecule has 2 fully saturated rings. The average Bonchev–Trinajstić information content (AvgIpc) is 3.38. The van der Waals surface area contributed by atoms with Crippen LogP contribution < -0.4 is 34.1 Å². The van der Waals surface area contributed by atoms with Gasteiger partial charge >= 0.3 is 34.1 Å². The minimum atomic E-state index is -0.586. The highest BCUT2D eigenvalue weighted by atomic mass is 16.5. The minimum Gasteiger partial charge on any atom is -0.372 e. The van der Waals surface area contributed by atoms with E-state index in [2.05, 4.69) is 87.4 Å². The van der Waals surface area contributed by atoms with E-state index in [1.165, 1.54) is 55.5 Å². The number of unbranched alkanes of at least 4 members (excludes halogenated alkanes) is 1. The van der Waals surface area contributed by atoms with Gasteiger partial charge in [-0.05, 0) is 49.2 Å². The summed E-state index contributed by atoms with van der Waals surface area (Å²) >= 11 is 0. The van der Waals surface area contributed by atoms with E-state index in [1.54, 1.807) is 56.2 Å². The first-order chi connectivity index (χ1) is 39.8. The molecule has 0 amide bonds. The number of hydrogen-bond donors (Lipinski definition) is 0. The van der Waals surface area contributed by atoms with Crippen LogP contribution in [-0.2, 0) is 32.7 Å². The summed E-state index contributed by atoms with van der Waals surface area (Å²) in [4.78, 5) is 72.1. The Hall–Kier alpha value is -8.11. The zero-order valence-electron chi connectivity index (χ0n) is 48.2. The summed E-state index contributed by atoms with van der Waals surface area (Å²) in [5.74, 6) is -1.71. The van der Waals surface area contributed by atoms with Crippen LogP contribution in [0.4, 0.5) is 0 Å². The average molecular weight is 1150 g/mol. The van der Waals surface area contributed by atoms with Crippen molar-refractivity contribution in [2.75, 3.05) is 59.9 Å². The second-order valence-corrected chi connectivity index (χ2v) is 22.2. The van der Waals surface area contributed by atoms with Gasteiger partial charge < -0.3 is 22.2 Å². The number of para-hydroxylation sites is 3. The maximum absolute atomic E-state index is 12.2. The van der Waals surface area contributed by atoms with Gasteiger partial charge in [-0.3, -0.25) is 18.2 Å². The van der Waals surface area contributed by atoms with Crippen LogP contribution in [0.15, 0.2) is 212 Å². The third-order valence-corrected chi connectivity index (χ3v) is 15.8. The largest absolute Gasteiger partial charge is 0.422 e. The molecule has 0 radical (unpaired) electrons. The van der Waals surface area contributed by atoms with Gasteiger partial charge in [0.25, 0.3) is 0 Å². The van der Waals surface area contributed by atoms with Gasteiger partial charge in [-0.15, -0.1) is 0 Å². The zero-order valence-corrected chi connectivity index (χ0v) is 48.2. The lowest BCUT2D eigenvalue weighted by molar-refractivity contribution is -0.930. The van der Waals surface area contributed by atoms with Crippen molar-refractivity contribution in [1.82, 2.24) is 13.7 Å². The number of hydrogen-bond acceptors (Lipinski definition) is 9. The van der Waals surface area contributed by atoms with Gasteiger partial charge in [0.15, 0.2) is 6.20 Å². The van der Waals surface area contributed by atoms with Crippen LogP contribution in [0.5, 0.6) is 0 Å². The summed E-state index contributed by atoms with van der Waals surface area (Å²) in [5.41, 5.74) is 4.20. The summed E-state index contributed by atoms with van der Waals surface area (Å²) in [6.07, 6.45) is 21.5. The molecule has 0 N–H and O–H groups in total. The van der Waals surface area contributed by atoms with Crippen LogP contribution in [-0.4, -0.2) is 87.1 Å². The lowest BCUT2D eigenvalue weighted by Crippen LogP contribution is -2.45. The molecule has 5 heterocycles. The van der Waals surface area contributed by atoms with E-state index in [4.69, 9.17) is 13.3 Å². The van der Waals surface area contributed by atoms with Gasteiger partial charge in [-0.2, -0.15) is 0 Å². The second kappa shape index (κ2) is 31.0. The highest BCUT2D eigenvalue weighted by molar-refractivity contribution is 5.78. The molecule has 15 heteroatoms. The van der Waals surface area contributed by atoms with Crippen molar-refractivity contribution in [3.05, 3.63) is 250 Å². The van der Waals surface area contributed by atoms with Crippen LogP contribution in [0.2, 0.25) is 0 Å². The Morgan fingerprint density at radius 1 is 0.500 bits per heavy atom. The monoisotopic (exact) mass is 1140 g/mol. The topological polar surface area (TPSA) is 157 Å². The zero-order chi connectivity index (χ0) is 58.0. The number of quaternary nitrogens is 3. The predicted molar refractivity (Wildman–Crippen MR) is 340 cm³/mol. The lowest BCUT2D eigenvalue weighted by Gasteiger charge is -2.34. The third-order valence-electron chi connectivity index (χ3n) is 15.8. The van der Waals surface area contributed by atoms with Gasteiger partial charge in [0.1, 0.15) is 18.7 Å². The first kappa shape index (κ1) is 65.0. The van der Waals surface area contributed by atoms with E-state index in [9.17, 15) is 28.8 Å². The van der Waals surface area contributed by atoms with E-state index in [-0.39, 0.29) is 14.9 Å². The molecule has 3 aromatic heterocycles. The molecule has 0 saturated carbocycles. The first-order valence-electron chi connectivity index (χ1n) is 29.2. The molecule has 5 aromatic carbocycles. The Bertz CT molecular complexity index is 3850. The summed E-state index contributed by atoms with van der Waals surface area (Å²) in [6.45, 7) is 15.4. The third kappa shape index (κ3) is 17.0. The van der Waals surface area contributed by atoms with Gasteiger partial charge in [-0.25, -0.2) is 28.8 Å². The van der Waals surface area contributed by atoms with Crippen LogP contribution in [0.3, 0.4) is 0 Å². The summed E-state index contributed by atoms with van der Waals surface area (Å²) in [7, 11) is 4.36. The molecular formula is C69H88N6O9+4. The van der Waals surface area contributed by atoms with Crippen LogP contribution in [0.25, 0.3) is 32.7 Å². The molecule has 444 valence electrons. The van der Waals surface area contributed by atoms with Crippen molar-refractivity contribution in [1.29, 1.82) is 0 Å². The molecule has 0 atom stereocenters. The highest BCUT2D eigenvalue weighted by Crippen LogP contribution is 2.27. The van der Waals surface area contributed by atoms with Crippen molar-refractivity contribution in [3.63, 3.8) is 0 Å². The molecule has 0 spiro atoms. The van der Waals surface area contributed by atoms with E-state index in [1.807, 2.05) is 68.5 Å². The fourth-order valence-electron chi connectivity index (χ4n) is 11.9. The number of aromatic nitrogens is 3. The molecule has 15 nitrogen and oxygen atoms in total. The van der Waals surface area contributed by atoms with Gasteiger partial charge in [-0.1, -0.05) is 126 Å². The first-order valence-corrected chi connectivity index (χ1v) is 29.2. The number of allylic oxidation sites excluding steroid dienone is 5. The van der Waals surface area contributed by atoms with Crippen molar-refractivity contribution in [3.8, 4) is 0 Å². The molecule has 0 bridgehead atoms. The molecule has 1 aliphatic carbocycles. The van der Waals surface area contributed by atoms with Crippen molar-refractivity contribution >= 4 is 32.7 Å². The molecule has 84 heavy (non-hydrogen) atoms. The fourth-order valence-corrected chi connectivity index (χ4v) is 11.9. The smallest absolute Gasteiger partial charge is 0.372 e. The Morgan fingerprint density at radius 2 is 0.929 bits per heavy atom. The number of benzene rings is 5. The SMILES string of the molecule is C.C.CC.C[N+](C)(CCCn1c(=O)oc(=O)c2ccccc21)Cc1ccccc1.O=c1oc(=O)n(CCCC[N+]2(Cc3ccccc3)CCCC2)c2ccccc12.O=c1oc(=O)n(CCC[N+]2(C=C3C=CC=C[CH+]3)CCCC2)c2ccccc12. The van der Waals surface area contributed by atoms with Crippen molar-refractivity contribution in [2.45, 2.75) is 113 Å². The number of aryl methyl sites for hydroxylation is 3. The predicted octanol–water partition coefficient (Wildman–Crippen LogP) is 11.6. The van der Waals surface area contributed by atoms with Crippen molar-refractivity contribution in [2.24, 2.45) is 0 Å². The molecule has 0 unspecified atom stereocenters. The van der Waals surface area contributed by atoms with E-state index < -0.39 is 34.1 Å². The molecule has 8 aromatic rings. The van der Waals surface area contributed by atoms with E-state index >= 15 is 0 Å². The Morgan fingerprint density at radius 3 is 1.40 bits per heavy atom. The number of rotatable bonds is 18. The normalized spacial score (nSPS) is 15.2. The highest BCUT2D eigenvalue weighted by Gasteiger charge is 2.34. The van der Waals surface area contributed by atoms with Gasteiger partial charge in [0.05, 0.1) is 92.6 Å². The summed E-state index contributed by atoms with van der Waals surface area (Å²) in [6, 6.07) is 42.5. The summed E-state index contributed by atoms with van der Waals surface area (Å²) in [5, 5.41) is 1.37. The van der Waals surface area contributed by atoms with Crippen molar-refractivity contribution < 1.29 is 26.7 Å². The Kier molecular flexibility index (Phi) is 24.0. The second-order valence-electron chi connectivity index (χ2n) is 22.2. The molecule has 11 rings (SSSR count). The number of nitrogens with zero attached hydrogens (tertiary/aromatic N) is 6. The maximum atomic E-state index is 12.2. The maximum Gasteiger partial charge on any atom is 0.422 e. The quantitative estimate of drug-likeness (QED) is 0.0463. The Balaban J connectivity index is 0.000000197. The van der Waals surface area contributed by atoms with Gasteiger partial charge in [0.2, 0.25) is 0 Å². The van der Waals surface area contributed by atoms with Gasteiger partial charge in [0, 0.05) is 100 Å². The van der Waals surface area contributed by atoms with E-state index in [0.29, 0.717) is 52.3 Å². The van der Waals surface area contributed by atoms with Crippen LogP contribution in [0.1, 0.15) is 91.2 Å². The lowest BCUT2D eigenvalue weighted by atomic mass is 10.1. The standard InChI is InChI=1S/C23H27N2O3.C22H24N2O3.C20H23N2O3.C2H6.2CH4/c26-22-20-12-4-5-13-21(20)24(23(27)28-22)14-6-7-15-25(16-8-9-17-25)18-19-10-2-1-3-11-19;25-21-19-11-4-5-12-20(19)23(22(26)27-21)13-8-16-24(14-6-7-15-24)17-18-9-2-1-3-10-18;1-22(2,15-16-9-4-3-5-10-16)14-8-13-21-18-12-7-6-11-17(18)19(23)25-20(21)24;1-2;;/h1-5,10-13H,6-9,14-18H2;1-5,9-12,17H,6-8,13-16H2;3-7,9-12H,8,13-15H2,1-2H3;1-2H3;2*1H4/q+1;+2;+1;;;. The minimum absolute atomic E-state index is 0. The van der Waals surface area contributed by atoms with Crippen LogP contribution in [0, 0.1) is 6.42 Å². The fraction of sp³-hybridized carbons (Fsp3) is 0.377. The molecular weight excluding hydrogens is 1060 g/mol. The molecule has 3 aliphatic rings. The molecule has 2 aliphatic heterocycles. The van der Waals surface area contributed by atoms with Crippen LogP contribution >= 0.6 is 0 Å².